The molecule has 1 aromatic heterocycles. The minimum absolute atomic E-state index is 0.250. The lowest BCUT2D eigenvalue weighted by atomic mass is 10.1. The summed E-state index contributed by atoms with van der Waals surface area (Å²) in [7, 11) is 0. The number of aromatic nitrogens is 2. The van der Waals surface area contributed by atoms with Gasteiger partial charge in [0.05, 0.1) is 11.8 Å². The normalized spacial score (nSPS) is 12.0. The minimum Gasteiger partial charge on any atom is -0.339 e. The van der Waals surface area contributed by atoms with E-state index in [1.54, 1.807) is 11.8 Å². The molecule has 2 aromatic rings. The Kier molecular flexibility index (Phi) is 4.99. The van der Waals surface area contributed by atoms with E-state index >= 15 is 0 Å². The highest BCUT2D eigenvalue weighted by atomic mass is 32.2. The standard InChI is InChI=1S/C14H15N3OS/c1-11(7-8-15)9-14-16-13(17-18-14)10-19-12-5-3-2-4-6-12/h2-6,11H,7,9-10H2,1H3. The van der Waals surface area contributed by atoms with Gasteiger partial charge in [-0.05, 0) is 18.1 Å². The van der Waals surface area contributed by atoms with Gasteiger partial charge in [0, 0.05) is 17.7 Å². The molecule has 0 bridgehead atoms. The van der Waals surface area contributed by atoms with Crippen LogP contribution in [-0.2, 0) is 12.2 Å². The summed E-state index contributed by atoms with van der Waals surface area (Å²) in [6.07, 6.45) is 1.17. The molecule has 1 aromatic carbocycles. The van der Waals surface area contributed by atoms with E-state index in [9.17, 15) is 0 Å². The third kappa shape index (κ3) is 4.42. The van der Waals surface area contributed by atoms with Crippen molar-refractivity contribution in [2.24, 2.45) is 5.92 Å². The van der Waals surface area contributed by atoms with Gasteiger partial charge in [-0.1, -0.05) is 30.3 Å². The van der Waals surface area contributed by atoms with Crippen LogP contribution in [0.1, 0.15) is 25.1 Å². The van der Waals surface area contributed by atoms with Crippen molar-refractivity contribution in [3.63, 3.8) is 0 Å². The van der Waals surface area contributed by atoms with E-state index in [0.29, 0.717) is 30.3 Å². The molecule has 0 radical (unpaired) electrons. The second-order valence-electron chi connectivity index (χ2n) is 4.38. The van der Waals surface area contributed by atoms with Crippen LogP contribution in [-0.4, -0.2) is 10.1 Å². The van der Waals surface area contributed by atoms with E-state index in [1.807, 2.05) is 25.1 Å². The summed E-state index contributed by atoms with van der Waals surface area (Å²) < 4.78 is 5.19. The van der Waals surface area contributed by atoms with E-state index in [2.05, 4.69) is 28.3 Å². The van der Waals surface area contributed by atoms with Crippen LogP contribution in [0.2, 0.25) is 0 Å². The van der Waals surface area contributed by atoms with Gasteiger partial charge in [0.1, 0.15) is 0 Å². The van der Waals surface area contributed by atoms with Crippen molar-refractivity contribution in [1.82, 2.24) is 10.1 Å². The second kappa shape index (κ2) is 6.95. The molecule has 0 aliphatic carbocycles. The van der Waals surface area contributed by atoms with Crippen LogP contribution in [0.25, 0.3) is 0 Å². The molecule has 0 aliphatic heterocycles. The first-order valence-corrected chi connectivity index (χ1v) is 7.12. The quantitative estimate of drug-likeness (QED) is 0.754. The number of benzene rings is 1. The summed E-state index contributed by atoms with van der Waals surface area (Å²) in [6.45, 7) is 2.01. The zero-order valence-electron chi connectivity index (χ0n) is 10.7. The lowest BCUT2D eigenvalue weighted by Gasteiger charge is -2.00. The van der Waals surface area contributed by atoms with Crippen molar-refractivity contribution < 1.29 is 4.52 Å². The molecule has 4 nitrogen and oxygen atoms in total. The third-order valence-electron chi connectivity index (χ3n) is 2.58. The van der Waals surface area contributed by atoms with E-state index < -0.39 is 0 Å². The van der Waals surface area contributed by atoms with E-state index in [1.165, 1.54) is 4.90 Å². The molecule has 2 rings (SSSR count). The van der Waals surface area contributed by atoms with Crippen LogP contribution in [0.15, 0.2) is 39.8 Å². The fourth-order valence-electron chi connectivity index (χ4n) is 1.62. The number of hydrogen-bond acceptors (Lipinski definition) is 5. The molecule has 0 fully saturated rings. The summed E-state index contributed by atoms with van der Waals surface area (Å²) in [5.74, 6) is 2.26. The molecular weight excluding hydrogens is 258 g/mol. The van der Waals surface area contributed by atoms with Crippen LogP contribution >= 0.6 is 11.8 Å². The zero-order valence-corrected chi connectivity index (χ0v) is 11.6. The summed E-state index contributed by atoms with van der Waals surface area (Å²) in [6, 6.07) is 12.3. The van der Waals surface area contributed by atoms with Crippen molar-refractivity contribution >= 4 is 11.8 Å². The van der Waals surface area contributed by atoms with Crippen LogP contribution in [0.3, 0.4) is 0 Å². The maximum absolute atomic E-state index is 8.61. The summed E-state index contributed by atoms with van der Waals surface area (Å²) >= 11 is 1.68. The molecule has 0 saturated carbocycles. The number of rotatable bonds is 6. The van der Waals surface area contributed by atoms with Gasteiger partial charge >= 0.3 is 0 Å². The van der Waals surface area contributed by atoms with Crippen LogP contribution in [0.4, 0.5) is 0 Å². The Labute approximate surface area is 116 Å². The fraction of sp³-hybridized carbons (Fsp3) is 0.357. The fourth-order valence-corrected chi connectivity index (χ4v) is 2.38. The highest BCUT2D eigenvalue weighted by Crippen LogP contribution is 2.21. The average Bonchev–Trinajstić information content (AvgIpc) is 2.85. The molecule has 0 saturated heterocycles. The van der Waals surface area contributed by atoms with Crippen molar-refractivity contribution in [1.29, 1.82) is 5.26 Å². The molecule has 98 valence electrons. The first-order valence-electron chi connectivity index (χ1n) is 6.14. The van der Waals surface area contributed by atoms with E-state index in [0.717, 1.165) is 0 Å². The lowest BCUT2D eigenvalue weighted by Crippen LogP contribution is -1.98. The summed E-state index contributed by atoms with van der Waals surface area (Å²) in [4.78, 5) is 5.53. The van der Waals surface area contributed by atoms with Gasteiger partial charge in [-0.3, -0.25) is 0 Å². The molecule has 5 heteroatoms. The Morgan fingerprint density at radius 3 is 2.89 bits per heavy atom. The first kappa shape index (κ1) is 13.6. The molecular formula is C14H15N3OS. The van der Waals surface area contributed by atoms with Crippen molar-refractivity contribution in [3.05, 3.63) is 42.0 Å². The van der Waals surface area contributed by atoms with Gasteiger partial charge in [0.15, 0.2) is 5.82 Å². The third-order valence-corrected chi connectivity index (χ3v) is 3.59. The molecule has 0 spiro atoms. The van der Waals surface area contributed by atoms with Gasteiger partial charge in [-0.2, -0.15) is 10.2 Å². The van der Waals surface area contributed by atoms with Crippen molar-refractivity contribution in [2.45, 2.75) is 30.4 Å². The largest absolute Gasteiger partial charge is 0.339 e. The minimum atomic E-state index is 0.250. The van der Waals surface area contributed by atoms with Gasteiger partial charge < -0.3 is 4.52 Å². The molecule has 0 aliphatic rings. The predicted molar refractivity (Wildman–Crippen MR) is 73.4 cm³/mol. The highest BCUT2D eigenvalue weighted by molar-refractivity contribution is 7.98. The molecule has 1 unspecified atom stereocenters. The Morgan fingerprint density at radius 1 is 1.37 bits per heavy atom. The van der Waals surface area contributed by atoms with Crippen LogP contribution in [0, 0.1) is 17.2 Å². The van der Waals surface area contributed by atoms with Gasteiger partial charge in [-0.25, -0.2) is 0 Å². The topological polar surface area (TPSA) is 62.7 Å². The maximum Gasteiger partial charge on any atom is 0.226 e. The smallest absolute Gasteiger partial charge is 0.226 e. The molecule has 1 atom stereocenters. The number of nitriles is 1. The Hall–Kier alpha value is -1.80. The Bertz CT molecular complexity index is 547. The monoisotopic (exact) mass is 273 g/mol. The Balaban J connectivity index is 1.86. The predicted octanol–water partition coefficient (Wildman–Crippen LogP) is 3.45. The second-order valence-corrected chi connectivity index (χ2v) is 5.43. The van der Waals surface area contributed by atoms with Gasteiger partial charge in [0.2, 0.25) is 5.89 Å². The summed E-state index contributed by atoms with van der Waals surface area (Å²) in [5, 5.41) is 12.6. The molecule has 0 amide bonds. The number of hydrogen-bond donors (Lipinski definition) is 0. The van der Waals surface area contributed by atoms with Crippen LogP contribution in [0.5, 0.6) is 0 Å². The van der Waals surface area contributed by atoms with Crippen molar-refractivity contribution in [2.75, 3.05) is 0 Å². The average molecular weight is 273 g/mol. The van der Waals surface area contributed by atoms with E-state index in [-0.39, 0.29) is 5.92 Å². The lowest BCUT2D eigenvalue weighted by molar-refractivity contribution is 0.356. The maximum atomic E-state index is 8.61. The Morgan fingerprint density at radius 2 is 2.16 bits per heavy atom. The number of thioether (sulfide) groups is 1. The summed E-state index contributed by atoms with van der Waals surface area (Å²) in [5.41, 5.74) is 0. The van der Waals surface area contributed by atoms with Gasteiger partial charge in [-0.15, -0.1) is 11.8 Å². The highest BCUT2D eigenvalue weighted by Gasteiger charge is 2.10. The number of nitrogens with zero attached hydrogens (tertiary/aromatic N) is 3. The molecule has 1 heterocycles. The first-order chi connectivity index (χ1) is 9.28. The zero-order chi connectivity index (χ0) is 13.5. The van der Waals surface area contributed by atoms with Crippen LogP contribution < -0.4 is 0 Å². The molecule has 0 N–H and O–H groups in total. The van der Waals surface area contributed by atoms with E-state index in [4.69, 9.17) is 9.78 Å². The molecule has 19 heavy (non-hydrogen) atoms. The van der Waals surface area contributed by atoms with Gasteiger partial charge in [0.25, 0.3) is 0 Å². The SMILES string of the molecule is CC(CC#N)Cc1nc(CSc2ccccc2)no1. The van der Waals surface area contributed by atoms with Crippen molar-refractivity contribution in [3.8, 4) is 6.07 Å².